The highest BCUT2D eigenvalue weighted by Gasteiger charge is 2.27. The van der Waals surface area contributed by atoms with E-state index in [1.165, 1.54) is 12.8 Å². The molecule has 5 heteroatoms. The van der Waals surface area contributed by atoms with Gasteiger partial charge in [-0.2, -0.15) is 0 Å². The van der Waals surface area contributed by atoms with Crippen molar-refractivity contribution in [3.8, 4) is 0 Å². The van der Waals surface area contributed by atoms with Crippen molar-refractivity contribution in [1.29, 1.82) is 0 Å². The Balaban J connectivity index is 2.16. The van der Waals surface area contributed by atoms with Crippen molar-refractivity contribution in [3.05, 3.63) is 22.2 Å². The molecule has 0 radical (unpaired) electrons. The second-order valence-electron chi connectivity index (χ2n) is 3.94. The number of aliphatic hydroxyl groups is 1. The van der Waals surface area contributed by atoms with Gasteiger partial charge in [-0.25, -0.2) is 9.97 Å². The Morgan fingerprint density at radius 2 is 2.33 bits per heavy atom. The average molecular weight is 272 g/mol. The lowest BCUT2D eigenvalue weighted by Crippen LogP contribution is -2.27. The predicted octanol–water partition coefficient (Wildman–Crippen LogP) is 0.979. The van der Waals surface area contributed by atoms with Gasteiger partial charge in [-0.15, -0.1) is 0 Å². The van der Waals surface area contributed by atoms with Crippen molar-refractivity contribution in [2.45, 2.75) is 31.2 Å². The normalized spacial score (nSPS) is 17.8. The molecule has 4 nitrogen and oxygen atoms in total. The van der Waals surface area contributed by atoms with Crippen LogP contribution in [-0.2, 0) is 6.42 Å². The van der Waals surface area contributed by atoms with Gasteiger partial charge in [0.25, 0.3) is 0 Å². The molecule has 1 atom stereocenters. The van der Waals surface area contributed by atoms with Crippen LogP contribution in [0.4, 0.5) is 0 Å². The molecule has 1 aliphatic rings. The summed E-state index contributed by atoms with van der Waals surface area (Å²) in [4.78, 5) is 8.75. The third-order valence-corrected chi connectivity index (χ3v) is 3.13. The Morgan fingerprint density at radius 1 is 1.60 bits per heavy atom. The molecule has 0 saturated heterocycles. The van der Waals surface area contributed by atoms with E-state index in [0.29, 0.717) is 12.3 Å². The third kappa shape index (κ3) is 2.74. The molecule has 1 unspecified atom stereocenters. The summed E-state index contributed by atoms with van der Waals surface area (Å²) in [5.41, 5.74) is 6.58. The number of aromatic nitrogens is 2. The van der Waals surface area contributed by atoms with Crippen LogP contribution in [0, 0.1) is 0 Å². The van der Waals surface area contributed by atoms with Crippen LogP contribution < -0.4 is 5.73 Å². The largest absolute Gasteiger partial charge is 0.395 e. The summed E-state index contributed by atoms with van der Waals surface area (Å²) in [5.74, 6) is 1.46. The minimum atomic E-state index is -0.247. The van der Waals surface area contributed by atoms with Gasteiger partial charge in [0.05, 0.1) is 16.8 Å². The highest BCUT2D eigenvalue weighted by molar-refractivity contribution is 9.10. The molecule has 1 saturated carbocycles. The monoisotopic (exact) mass is 271 g/mol. The van der Waals surface area contributed by atoms with E-state index in [4.69, 9.17) is 10.8 Å². The number of halogens is 1. The van der Waals surface area contributed by atoms with E-state index >= 15 is 0 Å². The first kappa shape index (κ1) is 11.0. The molecule has 0 aliphatic heterocycles. The summed E-state index contributed by atoms with van der Waals surface area (Å²) in [7, 11) is 0. The first-order valence-electron chi connectivity index (χ1n) is 5.08. The Kier molecular flexibility index (Phi) is 3.33. The molecule has 0 amide bonds. The van der Waals surface area contributed by atoms with Gasteiger partial charge in [0.2, 0.25) is 0 Å². The van der Waals surface area contributed by atoms with Crippen LogP contribution in [-0.4, -0.2) is 27.7 Å². The van der Waals surface area contributed by atoms with Crippen LogP contribution in [0.25, 0.3) is 0 Å². The molecule has 0 aromatic carbocycles. The summed E-state index contributed by atoms with van der Waals surface area (Å²) in [6.45, 7) is -0.0186. The molecule has 1 aromatic heterocycles. The third-order valence-electron chi connectivity index (χ3n) is 2.47. The predicted molar refractivity (Wildman–Crippen MR) is 60.5 cm³/mol. The summed E-state index contributed by atoms with van der Waals surface area (Å²) in [6.07, 6.45) is 4.74. The number of aliphatic hydroxyl groups excluding tert-OH is 1. The fraction of sp³-hybridized carbons (Fsp3) is 0.600. The summed E-state index contributed by atoms with van der Waals surface area (Å²) >= 11 is 3.40. The van der Waals surface area contributed by atoms with Gasteiger partial charge in [-0.1, -0.05) is 0 Å². The van der Waals surface area contributed by atoms with Crippen molar-refractivity contribution < 1.29 is 5.11 Å². The summed E-state index contributed by atoms with van der Waals surface area (Å²) in [5, 5.41) is 8.89. The van der Waals surface area contributed by atoms with Gasteiger partial charge in [0, 0.05) is 24.6 Å². The van der Waals surface area contributed by atoms with Crippen LogP contribution in [0.1, 0.15) is 30.3 Å². The maximum Gasteiger partial charge on any atom is 0.131 e. The maximum atomic E-state index is 8.89. The lowest BCUT2D eigenvalue weighted by atomic mass is 10.2. The molecule has 0 bridgehead atoms. The van der Waals surface area contributed by atoms with Gasteiger partial charge in [-0.3, -0.25) is 0 Å². The molecule has 1 heterocycles. The molecule has 0 spiro atoms. The zero-order valence-corrected chi connectivity index (χ0v) is 9.94. The number of hydrogen-bond acceptors (Lipinski definition) is 4. The van der Waals surface area contributed by atoms with Crippen LogP contribution in [0.3, 0.4) is 0 Å². The van der Waals surface area contributed by atoms with E-state index < -0.39 is 0 Å². The van der Waals surface area contributed by atoms with Gasteiger partial charge in [-0.05, 0) is 28.8 Å². The van der Waals surface area contributed by atoms with E-state index in [0.717, 1.165) is 16.0 Å². The quantitative estimate of drug-likeness (QED) is 0.857. The van der Waals surface area contributed by atoms with Crippen LogP contribution in [0.2, 0.25) is 0 Å². The molecule has 1 aromatic rings. The van der Waals surface area contributed by atoms with E-state index in [9.17, 15) is 0 Å². The highest BCUT2D eigenvalue weighted by atomic mass is 79.9. The second kappa shape index (κ2) is 4.55. The first-order valence-corrected chi connectivity index (χ1v) is 5.87. The van der Waals surface area contributed by atoms with E-state index in [2.05, 4.69) is 25.9 Å². The van der Waals surface area contributed by atoms with Gasteiger partial charge in [0.1, 0.15) is 5.82 Å². The van der Waals surface area contributed by atoms with Crippen molar-refractivity contribution in [2.75, 3.05) is 6.61 Å². The van der Waals surface area contributed by atoms with Crippen LogP contribution >= 0.6 is 15.9 Å². The van der Waals surface area contributed by atoms with Crippen LogP contribution in [0.15, 0.2) is 10.7 Å². The lowest BCUT2D eigenvalue weighted by molar-refractivity contribution is 0.264. The Hall–Kier alpha value is -0.520. The molecule has 1 aliphatic carbocycles. The first-order chi connectivity index (χ1) is 7.20. The molecule has 2 rings (SSSR count). The minimum Gasteiger partial charge on any atom is -0.395 e. The zero-order chi connectivity index (χ0) is 10.8. The topological polar surface area (TPSA) is 72.0 Å². The van der Waals surface area contributed by atoms with Crippen molar-refractivity contribution >= 4 is 15.9 Å². The SMILES string of the molecule is NC(CO)Cc1nc(C2CC2)ncc1Br. The van der Waals surface area contributed by atoms with Crippen molar-refractivity contribution in [1.82, 2.24) is 9.97 Å². The van der Waals surface area contributed by atoms with Gasteiger partial charge in [0.15, 0.2) is 0 Å². The van der Waals surface area contributed by atoms with E-state index in [-0.39, 0.29) is 12.6 Å². The summed E-state index contributed by atoms with van der Waals surface area (Å²) in [6, 6.07) is -0.247. The number of nitrogens with two attached hydrogens (primary N) is 1. The fourth-order valence-corrected chi connectivity index (χ4v) is 1.77. The average Bonchev–Trinajstić information content (AvgIpc) is 3.04. The van der Waals surface area contributed by atoms with E-state index in [1.54, 1.807) is 6.20 Å². The van der Waals surface area contributed by atoms with Gasteiger partial charge >= 0.3 is 0 Å². The van der Waals surface area contributed by atoms with E-state index in [1.807, 2.05) is 0 Å². The number of rotatable bonds is 4. The minimum absolute atomic E-state index is 0.0186. The zero-order valence-electron chi connectivity index (χ0n) is 8.36. The standard InChI is InChI=1S/C10H14BrN3O/c11-8-4-13-10(6-1-2-6)14-9(8)3-7(12)5-15/h4,6-7,15H,1-3,5,12H2. The highest BCUT2D eigenvalue weighted by Crippen LogP contribution is 2.38. The molecule has 82 valence electrons. The second-order valence-corrected chi connectivity index (χ2v) is 4.80. The Labute approximate surface area is 97.1 Å². The fourth-order valence-electron chi connectivity index (χ4n) is 1.41. The number of hydrogen-bond donors (Lipinski definition) is 2. The molecule has 1 fully saturated rings. The number of nitrogens with zero attached hydrogens (tertiary/aromatic N) is 2. The summed E-state index contributed by atoms with van der Waals surface area (Å²) < 4.78 is 0.871. The molecule has 15 heavy (non-hydrogen) atoms. The van der Waals surface area contributed by atoms with Crippen molar-refractivity contribution in [2.24, 2.45) is 5.73 Å². The van der Waals surface area contributed by atoms with Gasteiger partial charge < -0.3 is 10.8 Å². The Morgan fingerprint density at radius 3 is 2.93 bits per heavy atom. The Bertz CT molecular complexity index is 355. The van der Waals surface area contributed by atoms with Crippen LogP contribution in [0.5, 0.6) is 0 Å². The van der Waals surface area contributed by atoms with Crippen molar-refractivity contribution in [3.63, 3.8) is 0 Å². The lowest BCUT2D eigenvalue weighted by Gasteiger charge is -2.09. The molecular weight excluding hydrogens is 258 g/mol. The molecular formula is C10H14BrN3O. The maximum absolute atomic E-state index is 8.89. The smallest absolute Gasteiger partial charge is 0.131 e. The molecule has 3 N–H and O–H groups in total.